The fourth-order valence-electron chi connectivity index (χ4n) is 4.14. The molecule has 0 amide bonds. The number of nitrogens with zero attached hydrogens (tertiary/aromatic N) is 3. The highest BCUT2D eigenvalue weighted by molar-refractivity contribution is 7.10. The van der Waals surface area contributed by atoms with E-state index in [0.717, 1.165) is 30.0 Å². The fourth-order valence-corrected chi connectivity index (χ4v) is 5.01. The molecule has 2 aromatic heterocycles. The quantitative estimate of drug-likeness (QED) is 0.428. The molecule has 0 radical (unpaired) electrons. The molecule has 1 atom stereocenters. The van der Waals surface area contributed by atoms with Gasteiger partial charge in [0, 0.05) is 17.0 Å². The lowest BCUT2D eigenvalue weighted by molar-refractivity contribution is 0.187. The van der Waals surface area contributed by atoms with Crippen molar-refractivity contribution in [3.05, 3.63) is 81.9 Å². The van der Waals surface area contributed by atoms with E-state index in [1.807, 2.05) is 30.3 Å². The second kappa shape index (κ2) is 8.53. The number of hydrogen-bond acceptors (Lipinski definition) is 7. The van der Waals surface area contributed by atoms with Crippen LogP contribution in [0.3, 0.4) is 0 Å². The molecule has 1 aliphatic rings. The monoisotopic (exact) mass is 433 g/mol. The van der Waals surface area contributed by atoms with Crippen LogP contribution in [-0.2, 0) is 13.0 Å². The molecule has 0 saturated heterocycles. The van der Waals surface area contributed by atoms with Crippen molar-refractivity contribution in [1.82, 2.24) is 15.1 Å². The van der Waals surface area contributed by atoms with Gasteiger partial charge in [0.25, 0.3) is 0 Å². The summed E-state index contributed by atoms with van der Waals surface area (Å²) in [6, 6.07) is 18.4. The van der Waals surface area contributed by atoms with Gasteiger partial charge in [0.2, 0.25) is 11.8 Å². The highest BCUT2D eigenvalue weighted by Crippen LogP contribution is 2.42. The molecule has 0 spiro atoms. The summed E-state index contributed by atoms with van der Waals surface area (Å²) in [5.41, 5.74) is 3.44. The fraction of sp³-hybridized carbons (Fsp3) is 0.250. The lowest BCUT2D eigenvalue weighted by Gasteiger charge is -2.36. The summed E-state index contributed by atoms with van der Waals surface area (Å²) in [7, 11) is 3.35. The summed E-state index contributed by atoms with van der Waals surface area (Å²) in [6.07, 6.45) is 0.914. The molecule has 5 rings (SSSR count). The topological polar surface area (TPSA) is 60.6 Å². The smallest absolute Gasteiger partial charge is 0.247 e. The Hall–Kier alpha value is -3.16. The van der Waals surface area contributed by atoms with E-state index < -0.39 is 0 Å². The van der Waals surface area contributed by atoms with Crippen LogP contribution in [0.1, 0.15) is 27.9 Å². The third kappa shape index (κ3) is 3.82. The van der Waals surface area contributed by atoms with E-state index >= 15 is 0 Å². The average Bonchev–Trinajstić information content (AvgIpc) is 3.51. The molecule has 2 aromatic carbocycles. The zero-order valence-electron chi connectivity index (χ0n) is 17.4. The van der Waals surface area contributed by atoms with E-state index in [2.05, 4.69) is 44.7 Å². The lowest BCUT2D eigenvalue weighted by atomic mass is 9.91. The number of benzene rings is 2. The summed E-state index contributed by atoms with van der Waals surface area (Å²) < 4.78 is 17.1. The van der Waals surface area contributed by atoms with Gasteiger partial charge in [0.05, 0.1) is 26.8 Å². The second-order valence-electron chi connectivity index (χ2n) is 7.41. The van der Waals surface area contributed by atoms with Crippen LogP contribution in [0.2, 0.25) is 0 Å². The van der Waals surface area contributed by atoms with Gasteiger partial charge in [0.1, 0.15) is 0 Å². The maximum atomic E-state index is 6.00. The van der Waals surface area contributed by atoms with E-state index in [1.165, 1.54) is 16.0 Å². The van der Waals surface area contributed by atoms with Crippen LogP contribution in [0.5, 0.6) is 11.5 Å². The first-order valence-electron chi connectivity index (χ1n) is 10.2. The van der Waals surface area contributed by atoms with Crippen LogP contribution in [0.15, 0.2) is 64.4 Å². The van der Waals surface area contributed by atoms with Crippen LogP contribution >= 0.6 is 11.3 Å². The van der Waals surface area contributed by atoms with Gasteiger partial charge >= 0.3 is 0 Å². The van der Waals surface area contributed by atoms with E-state index in [9.17, 15) is 0 Å². The molecule has 31 heavy (non-hydrogen) atoms. The van der Waals surface area contributed by atoms with Gasteiger partial charge in [-0.15, -0.1) is 21.5 Å². The molecule has 0 aliphatic carbocycles. The van der Waals surface area contributed by atoms with Crippen molar-refractivity contribution in [2.24, 2.45) is 0 Å². The van der Waals surface area contributed by atoms with Crippen molar-refractivity contribution in [1.29, 1.82) is 0 Å². The van der Waals surface area contributed by atoms with Crippen LogP contribution in [0.4, 0.5) is 0 Å². The number of methoxy groups -OCH3 is 2. The van der Waals surface area contributed by atoms with Gasteiger partial charge in [-0.25, -0.2) is 0 Å². The molecular formula is C24H23N3O3S. The van der Waals surface area contributed by atoms with Crippen molar-refractivity contribution in [3.63, 3.8) is 0 Å². The van der Waals surface area contributed by atoms with Gasteiger partial charge in [-0.05, 0) is 53.3 Å². The Morgan fingerprint density at radius 1 is 1.03 bits per heavy atom. The molecule has 3 heterocycles. The van der Waals surface area contributed by atoms with Crippen LogP contribution < -0.4 is 9.47 Å². The molecule has 0 N–H and O–H groups in total. The molecule has 1 aliphatic heterocycles. The molecule has 1 unspecified atom stereocenters. The molecule has 7 heteroatoms. The van der Waals surface area contributed by atoms with Crippen molar-refractivity contribution in [2.45, 2.75) is 19.0 Å². The van der Waals surface area contributed by atoms with Gasteiger partial charge < -0.3 is 13.9 Å². The van der Waals surface area contributed by atoms with Crippen molar-refractivity contribution < 1.29 is 13.9 Å². The molecule has 6 nitrogen and oxygen atoms in total. The number of ether oxygens (including phenoxy) is 2. The third-order valence-electron chi connectivity index (χ3n) is 5.61. The Morgan fingerprint density at radius 2 is 1.84 bits per heavy atom. The Kier molecular flexibility index (Phi) is 5.44. The Balaban J connectivity index is 1.49. The minimum absolute atomic E-state index is 0.0932. The van der Waals surface area contributed by atoms with Crippen molar-refractivity contribution >= 4 is 11.3 Å². The standard InChI is InChI=1S/C24H23N3O3S/c1-28-19-13-17-10-11-27(15-22-25-26-24(30-22)16-7-4-3-5-8-16)23(21-9-6-12-31-21)18(17)14-20(19)29-2/h3-9,12-14,23H,10-11,15H2,1-2H3. The first-order chi connectivity index (χ1) is 15.3. The molecule has 4 aromatic rings. The predicted octanol–water partition coefficient (Wildman–Crippen LogP) is 4.96. The zero-order chi connectivity index (χ0) is 21.2. The van der Waals surface area contributed by atoms with Crippen LogP contribution in [0.25, 0.3) is 11.5 Å². The predicted molar refractivity (Wildman–Crippen MR) is 120 cm³/mol. The van der Waals surface area contributed by atoms with Gasteiger partial charge in [-0.2, -0.15) is 0 Å². The maximum Gasteiger partial charge on any atom is 0.247 e. The Labute approximate surface area is 185 Å². The minimum Gasteiger partial charge on any atom is -0.493 e. The Morgan fingerprint density at radius 3 is 2.58 bits per heavy atom. The van der Waals surface area contributed by atoms with Crippen LogP contribution in [0, 0.1) is 0 Å². The zero-order valence-corrected chi connectivity index (χ0v) is 18.3. The molecule has 0 fully saturated rings. The lowest BCUT2D eigenvalue weighted by Crippen LogP contribution is -2.35. The van der Waals surface area contributed by atoms with E-state index in [1.54, 1.807) is 25.6 Å². The highest BCUT2D eigenvalue weighted by Gasteiger charge is 2.32. The average molecular weight is 434 g/mol. The van der Waals surface area contributed by atoms with Gasteiger partial charge in [0.15, 0.2) is 11.5 Å². The van der Waals surface area contributed by atoms with Crippen LogP contribution in [-0.4, -0.2) is 35.9 Å². The number of rotatable bonds is 6. The minimum atomic E-state index is 0.0932. The number of aromatic nitrogens is 2. The Bertz CT molecular complexity index is 1160. The largest absolute Gasteiger partial charge is 0.493 e. The van der Waals surface area contributed by atoms with Crippen molar-refractivity contribution in [3.8, 4) is 23.0 Å². The normalized spacial score (nSPS) is 16.1. The third-order valence-corrected chi connectivity index (χ3v) is 6.54. The first kappa shape index (κ1) is 19.8. The number of thiophene rings is 1. The molecule has 0 bridgehead atoms. The first-order valence-corrected chi connectivity index (χ1v) is 11.0. The molecular weight excluding hydrogens is 410 g/mol. The number of hydrogen-bond donors (Lipinski definition) is 0. The number of fused-ring (bicyclic) bond motifs is 1. The maximum absolute atomic E-state index is 6.00. The van der Waals surface area contributed by atoms with Crippen molar-refractivity contribution in [2.75, 3.05) is 20.8 Å². The van der Waals surface area contributed by atoms with E-state index in [-0.39, 0.29) is 6.04 Å². The molecule has 158 valence electrons. The SMILES string of the molecule is COc1cc2c(cc1OC)C(c1cccs1)N(Cc1nnc(-c3ccccc3)o1)CC2. The van der Waals surface area contributed by atoms with E-state index in [0.29, 0.717) is 18.3 Å². The summed E-state index contributed by atoms with van der Waals surface area (Å²) in [5, 5.41) is 10.7. The summed E-state index contributed by atoms with van der Waals surface area (Å²) in [4.78, 5) is 3.67. The molecule has 0 saturated carbocycles. The van der Waals surface area contributed by atoms with Gasteiger partial charge in [-0.3, -0.25) is 4.90 Å². The van der Waals surface area contributed by atoms with Gasteiger partial charge in [-0.1, -0.05) is 24.3 Å². The summed E-state index contributed by atoms with van der Waals surface area (Å²) in [5.74, 6) is 2.68. The van der Waals surface area contributed by atoms with E-state index in [4.69, 9.17) is 13.9 Å². The summed E-state index contributed by atoms with van der Waals surface area (Å²) >= 11 is 1.75. The second-order valence-corrected chi connectivity index (χ2v) is 8.39. The highest BCUT2D eigenvalue weighted by atomic mass is 32.1. The summed E-state index contributed by atoms with van der Waals surface area (Å²) in [6.45, 7) is 1.46.